The molecule has 0 aliphatic heterocycles. The molecule has 9 nitrogen and oxygen atoms in total. The van der Waals surface area contributed by atoms with E-state index in [9.17, 15) is 18.0 Å². The maximum absolute atomic E-state index is 14.1. The van der Waals surface area contributed by atoms with E-state index in [2.05, 4.69) is 21.2 Å². The molecule has 2 amide bonds. The first-order valence-corrected chi connectivity index (χ1v) is 16.5. The van der Waals surface area contributed by atoms with E-state index >= 15 is 0 Å². The van der Waals surface area contributed by atoms with Crippen LogP contribution in [0, 0.1) is 0 Å². The maximum Gasteiger partial charge on any atom is 0.264 e. The minimum absolute atomic E-state index is 0.0654. The standard InChI is InChI=1S/C32H38BrN3O6S/c1-23(32(38)34-26-10-6-4-7-11-26)35(21-24-14-16-25(33)17-15-24)31(37)22-36(27-12-8-5-9-13-27)43(39,40)28-18-19-29(41-2)30(20-28)42-3/h5,8-9,12-20,23,26H,4,6-7,10-11,21-22H2,1-3H3,(H,34,38)/t23-/m0/s1. The molecule has 0 unspecified atom stereocenters. The molecule has 4 rings (SSSR count). The number of nitrogens with one attached hydrogen (secondary N) is 1. The number of nitrogens with zero attached hydrogens (tertiary/aromatic N) is 2. The third-order valence-corrected chi connectivity index (χ3v) is 9.95. The van der Waals surface area contributed by atoms with Gasteiger partial charge in [-0.05, 0) is 61.7 Å². The Labute approximate surface area is 262 Å². The molecule has 3 aromatic rings. The van der Waals surface area contributed by atoms with Gasteiger partial charge in [0.1, 0.15) is 12.6 Å². The molecule has 1 fully saturated rings. The summed E-state index contributed by atoms with van der Waals surface area (Å²) in [5.74, 6) is -0.150. The second-order valence-corrected chi connectivity index (χ2v) is 13.3. The van der Waals surface area contributed by atoms with Crippen LogP contribution in [0.3, 0.4) is 0 Å². The van der Waals surface area contributed by atoms with E-state index in [-0.39, 0.29) is 29.1 Å². The van der Waals surface area contributed by atoms with Crippen molar-refractivity contribution in [3.63, 3.8) is 0 Å². The van der Waals surface area contributed by atoms with Gasteiger partial charge in [-0.1, -0.05) is 65.5 Å². The molecule has 1 saturated carbocycles. The average Bonchev–Trinajstić information content (AvgIpc) is 3.03. The molecule has 0 spiro atoms. The summed E-state index contributed by atoms with van der Waals surface area (Å²) in [6.45, 7) is 1.30. The summed E-state index contributed by atoms with van der Waals surface area (Å²) in [5, 5.41) is 3.12. The number of rotatable bonds is 12. The zero-order valence-corrected chi connectivity index (χ0v) is 27.1. The Morgan fingerprint density at radius 1 is 0.930 bits per heavy atom. The van der Waals surface area contributed by atoms with Crippen molar-refractivity contribution in [3.8, 4) is 11.5 Å². The van der Waals surface area contributed by atoms with Crippen LogP contribution in [0.5, 0.6) is 11.5 Å². The van der Waals surface area contributed by atoms with Crippen LogP contribution in [-0.4, -0.2) is 58.0 Å². The van der Waals surface area contributed by atoms with Gasteiger partial charge in [0.25, 0.3) is 10.0 Å². The number of para-hydroxylation sites is 1. The van der Waals surface area contributed by atoms with E-state index < -0.39 is 28.5 Å². The molecule has 1 N–H and O–H groups in total. The Hall–Kier alpha value is -3.57. The number of benzene rings is 3. The van der Waals surface area contributed by atoms with Crippen LogP contribution in [0.25, 0.3) is 0 Å². The van der Waals surface area contributed by atoms with Crippen LogP contribution in [-0.2, 0) is 26.2 Å². The van der Waals surface area contributed by atoms with Gasteiger partial charge in [-0.2, -0.15) is 0 Å². The van der Waals surface area contributed by atoms with Gasteiger partial charge in [0.15, 0.2) is 11.5 Å². The second-order valence-electron chi connectivity index (χ2n) is 10.5. The molecule has 11 heteroatoms. The van der Waals surface area contributed by atoms with Gasteiger partial charge in [-0.25, -0.2) is 8.42 Å². The van der Waals surface area contributed by atoms with Crippen LogP contribution in [0.4, 0.5) is 5.69 Å². The smallest absolute Gasteiger partial charge is 0.264 e. The van der Waals surface area contributed by atoms with Crippen molar-refractivity contribution in [2.45, 2.75) is 62.6 Å². The highest BCUT2D eigenvalue weighted by Crippen LogP contribution is 2.32. The number of methoxy groups -OCH3 is 2. The van der Waals surface area contributed by atoms with Gasteiger partial charge in [-0.15, -0.1) is 0 Å². The predicted octanol–water partition coefficient (Wildman–Crippen LogP) is 5.53. The van der Waals surface area contributed by atoms with Gasteiger partial charge >= 0.3 is 0 Å². The summed E-state index contributed by atoms with van der Waals surface area (Å²) in [4.78, 5) is 28.9. The van der Waals surface area contributed by atoms with E-state index in [1.807, 2.05) is 24.3 Å². The molecule has 1 aliphatic rings. The number of sulfonamides is 1. The number of carbonyl (C=O) groups is 2. The number of ether oxygens (including phenoxy) is 2. The van der Waals surface area contributed by atoms with Crippen LogP contribution < -0.4 is 19.1 Å². The van der Waals surface area contributed by atoms with Crippen molar-refractivity contribution in [1.29, 1.82) is 0 Å². The quantitative estimate of drug-likeness (QED) is 0.272. The number of carbonyl (C=O) groups excluding carboxylic acids is 2. The Kier molecular flexibility index (Phi) is 11.1. The first-order valence-electron chi connectivity index (χ1n) is 14.3. The van der Waals surface area contributed by atoms with E-state index in [0.717, 1.165) is 46.4 Å². The fourth-order valence-electron chi connectivity index (χ4n) is 5.17. The highest BCUT2D eigenvalue weighted by Gasteiger charge is 2.33. The molecular formula is C32H38BrN3O6S. The predicted molar refractivity (Wildman–Crippen MR) is 170 cm³/mol. The first-order chi connectivity index (χ1) is 20.6. The zero-order chi connectivity index (χ0) is 31.0. The molecule has 3 aromatic carbocycles. The minimum Gasteiger partial charge on any atom is -0.493 e. The van der Waals surface area contributed by atoms with Crippen LogP contribution in [0.2, 0.25) is 0 Å². The topological polar surface area (TPSA) is 105 Å². The molecule has 0 radical (unpaired) electrons. The van der Waals surface area contributed by atoms with Gasteiger partial charge in [-0.3, -0.25) is 13.9 Å². The third kappa shape index (κ3) is 8.08. The summed E-state index contributed by atoms with van der Waals surface area (Å²) in [6.07, 6.45) is 5.08. The maximum atomic E-state index is 14.1. The van der Waals surface area contributed by atoms with Crippen molar-refractivity contribution in [2.75, 3.05) is 25.1 Å². The molecule has 43 heavy (non-hydrogen) atoms. The number of anilines is 1. The Morgan fingerprint density at radius 2 is 1.58 bits per heavy atom. The lowest BCUT2D eigenvalue weighted by molar-refractivity contribution is -0.139. The van der Waals surface area contributed by atoms with E-state index in [1.165, 1.54) is 37.3 Å². The molecule has 1 atom stereocenters. The van der Waals surface area contributed by atoms with E-state index in [4.69, 9.17) is 9.47 Å². The van der Waals surface area contributed by atoms with Crippen molar-refractivity contribution < 1.29 is 27.5 Å². The van der Waals surface area contributed by atoms with Gasteiger partial charge in [0.2, 0.25) is 11.8 Å². The zero-order valence-electron chi connectivity index (χ0n) is 24.7. The van der Waals surface area contributed by atoms with Gasteiger partial charge < -0.3 is 19.7 Å². The third-order valence-electron chi connectivity index (χ3n) is 7.65. The highest BCUT2D eigenvalue weighted by atomic mass is 79.9. The van der Waals surface area contributed by atoms with Crippen molar-refractivity contribution in [1.82, 2.24) is 10.2 Å². The summed E-state index contributed by atoms with van der Waals surface area (Å²) in [6, 6.07) is 19.4. The number of hydrogen-bond donors (Lipinski definition) is 1. The number of amides is 2. The SMILES string of the molecule is COc1ccc(S(=O)(=O)N(CC(=O)N(Cc2ccc(Br)cc2)[C@@H](C)C(=O)NC2CCCCC2)c2ccccc2)cc1OC. The van der Waals surface area contributed by atoms with E-state index in [0.29, 0.717) is 11.4 Å². The molecular weight excluding hydrogens is 634 g/mol. The summed E-state index contributed by atoms with van der Waals surface area (Å²) in [5.41, 5.74) is 1.12. The number of halogens is 1. The Balaban J connectivity index is 1.68. The molecule has 0 aromatic heterocycles. The van der Waals surface area contributed by atoms with Crippen LogP contribution in [0.15, 0.2) is 82.2 Å². The molecule has 0 heterocycles. The lowest BCUT2D eigenvalue weighted by atomic mass is 9.95. The first kappa shape index (κ1) is 32.3. The fraction of sp³-hybridized carbons (Fsp3) is 0.375. The summed E-state index contributed by atoms with van der Waals surface area (Å²) < 4.78 is 40.8. The van der Waals surface area contributed by atoms with Gasteiger partial charge in [0, 0.05) is 23.1 Å². The van der Waals surface area contributed by atoms with Crippen molar-refractivity contribution in [3.05, 3.63) is 82.8 Å². The van der Waals surface area contributed by atoms with Crippen LogP contribution in [0.1, 0.15) is 44.6 Å². The second kappa shape index (κ2) is 14.7. The Morgan fingerprint density at radius 3 is 2.21 bits per heavy atom. The fourth-order valence-corrected chi connectivity index (χ4v) is 6.86. The van der Waals surface area contributed by atoms with Crippen LogP contribution >= 0.6 is 15.9 Å². The normalized spacial score (nSPS) is 14.4. The molecule has 230 valence electrons. The Bertz CT molecular complexity index is 1500. The van der Waals surface area contributed by atoms with Crippen molar-refractivity contribution >= 4 is 43.5 Å². The largest absolute Gasteiger partial charge is 0.493 e. The molecule has 0 bridgehead atoms. The minimum atomic E-state index is -4.24. The average molecular weight is 673 g/mol. The highest BCUT2D eigenvalue weighted by molar-refractivity contribution is 9.10. The van der Waals surface area contributed by atoms with E-state index in [1.54, 1.807) is 37.3 Å². The van der Waals surface area contributed by atoms with Gasteiger partial charge in [0.05, 0.1) is 24.8 Å². The lowest BCUT2D eigenvalue weighted by Crippen LogP contribution is -2.53. The monoisotopic (exact) mass is 671 g/mol. The summed E-state index contributed by atoms with van der Waals surface area (Å²) >= 11 is 3.44. The molecule has 0 saturated heterocycles. The molecule has 1 aliphatic carbocycles. The summed E-state index contributed by atoms with van der Waals surface area (Å²) in [7, 11) is -1.36. The number of hydrogen-bond acceptors (Lipinski definition) is 6. The lowest BCUT2D eigenvalue weighted by Gasteiger charge is -2.33. The van der Waals surface area contributed by atoms with Crippen molar-refractivity contribution in [2.24, 2.45) is 0 Å².